The maximum Gasteiger partial charge on any atom is 0.323 e. The lowest BCUT2D eigenvalue weighted by Gasteiger charge is -2.23. The van der Waals surface area contributed by atoms with Gasteiger partial charge in [0.05, 0.1) is 14.2 Å². The molecule has 3 amide bonds. The van der Waals surface area contributed by atoms with Crippen LogP contribution in [-0.4, -0.2) is 37.2 Å². The van der Waals surface area contributed by atoms with Crippen molar-refractivity contribution < 1.29 is 23.8 Å². The largest absolute Gasteiger partial charge is 0.497 e. The molecule has 0 spiro atoms. The van der Waals surface area contributed by atoms with Crippen molar-refractivity contribution in [3.63, 3.8) is 0 Å². The molecule has 1 atom stereocenters. The highest BCUT2D eigenvalue weighted by Gasteiger charge is 2.29. The summed E-state index contributed by atoms with van der Waals surface area (Å²) in [4.78, 5) is 27.2. The van der Waals surface area contributed by atoms with Gasteiger partial charge in [-0.15, -0.1) is 0 Å². The number of ether oxygens (including phenoxy) is 3. The van der Waals surface area contributed by atoms with Crippen LogP contribution in [0.1, 0.15) is 18.1 Å². The van der Waals surface area contributed by atoms with Gasteiger partial charge in [0.15, 0.2) is 6.10 Å². The van der Waals surface area contributed by atoms with Gasteiger partial charge in [-0.3, -0.25) is 4.79 Å². The molecule has 1 aliphatic rings. The van der Waals surface area contributed by atoms with Gasteiger partial charge in [-0.2, -0.15) is 0 Å². The predicted octanol–water partition coefficient (Wildman–Crippen LogP) is 4.66. The molecule has 0 aliphatic carbocycles. The number of hydrogen-bond donors (Lipinski definition) is 2. The Labute approximate surface area is 198 Å². The van der Waals surface area contributed by atoms with E-state index in [1.165, 1.54) is 0 Å². The van der Waals surface area contributed by atoms with Crippen molar-refractivity contribution in [1.29, 1.82) is 0 Å². The van der Waals surface area contributed by atoms with Crippen LogP contribution in [0.4, 0.5) is 16.2 Å². The van der Waals surface area contributed by atoms with E-state index in [0.29, 0.717) is 41.7 Å². The van der Waals surface area contributed by atoms with E-state index in [-0.39, 0.29) is 11.9 Å². The van der Waals surface area contributed by atoms with Crippen LogP contribution in [0.25, 0.3) is 0 Å². The van der Waals surface area contributed by atoms with Crippen molar-refractivity contribution in [1.82, 2.24) is 4.90 Å². The fourth-order valence-corrected chi connectivity index (χ4v) is 3.81. The maximum atomic E-state index is 13.1. The third-order valence-corrected chi connectivity index (χ3v) is 5.53. The molecule has 1 aliphatic heterocycles. The summed E-state index contributed by atoms with van der Waals surface area (Å²) in [6.07, 6.45) is -0.648. The smallest absolute Gasteiger partial charge is 0.323 e. The topological polar surface area (TPSA) is 89.1 Å². The molecular formula is C26H27N3O5. The van der Waals surface area contributed by atoms with Crippen LogP contribution in [0.15, 0.2) is 66.7 Å². The number of carbonyl (C=O) groups excluding carboxylic acids is 2. The SMILES string of the molecule is COc1ccc(CN2Cc3cc(NC(=O)Nc4ccccc4)ccc3OC(C)C2=O)c(OC)c1. The fraction of sp³-hybridized carbons (Fsp3) is 0.231. The van der Waals surface area contributed by atoms with Gasteiger partial charge in [-0.25, -0.2) is 4.79 Å². The van der Waals surface area contributed by atoms with Crippen LogP contribution in [0.2, 0.25) is 0 Å². The molecule has 2 N–H and O–H groups in total. The molecule has 0 radical (unpaired) electrons. The third-order valence-electron chi connectivity index (χ3n) is 5.53. The first-order valence-corrected chi connectivity index (χ1v) is 10.9. The number of anilines is 2. The number of fused-ring (bicyclic) bond motifs is 1. The number of amides is 3. The minimum atomic E-state index is -0.648. The Hall–Kier alpha value is -4.20. The molecule has 0 saturated carbocycles. The van der Waals surface area contributed by atoms with Crippen molar-refractivity contribution in [2.75, 3.05) is 24.9 Å². The highest BCUT2D eigenvalue weighted by Crippen LogP contribution is 2.31. The number of rotatable bonds is 6. The van der Waals surface area contributed by atoms with E-state index >= 15 is 0 Å². The lowest BCUT2D eigenvalue weighted by molar-refractivity contribution is -0.138. The van der Waals surface area contributed by atoms with Crippen LogP contribution in [0, 0.1) is 0 Å². The van der Waals surface area contributed by atoms with Crippen LogP contribution >= 0.6 is 0 Å². The van der Waals surface area contributed by atoms with Crippen LogP contribution in [0.5, 0.6) is 17.2 Å². The summed E-state index contributed by atoms with van der Waals surface area (Å²) >= 11 is 0. The van der Waals surface area contributed by atoms with E-state index in [1.54, 1.807) is 44.2 Å². The summed E-state index contributed by atoms with van der Waals surface area (Å²) in [5.41, 5.74) is 2.93. The van der Waals surface area contributed by atoms with Crippen LogP contribution in [-0.2, 0) is 17.9 Å². The number of urea groups is 1. The van der Waals surface area contributed by atoms with Gasteiger partial charge < -0.3 is 29.7 Å². The number of nitrogens with zero attached hydrogens (tertiary/aromatic N) is 1. The first-order chi connectivity index (χ1) is 16.5. The minimum Gasteiger partial charge on any atom is -0.497 e. The average Bonchev–Trinajstić information content (AvgIpc) is 2.96. The molecular weight excluding hydrogens is 434 g/mol. The lowest BCUT2D eigenvalue weighted by Crippen LogP contribution is -2.37. The Kier molecular flexibility index (Phi) is 6.87. The Bertz CT molecular complexity index is 1180. The summed E-state index contributed by atoms with van der Waals surface area (Å²) in [5.74, 6) is 1.79. The fourth-order valence-electron chi connectivity index (χ4n) is 3.81. The molecule has 3 aromatic carbocycles. The molecule has 1 heterocycles. The molecule has 1 unspecified atom stereocenters. The van der Waals surface area contributed by atoms with E-state index in [9.17, 15) is 9.59 Å². The van der Waals surface area contributed by atoms with Crippen molar-refractivity contribution in [3.05, 3.63) is 77.9 Å². The first kappa shape index (κ1) is 23.0. The summed E-state index contributed by atoms with van der Waals surface area (Å²) in [6, 6.07) is 19.7. The minimum absolute atomic E-state index is 0.134. The number of carbonyl (C=O) groups is 2. The molecule has 8 nitrogen and oxygen atoms in total. The molecule has 0 aromatic heterocycles. The molecule has 0 bridgehead atoms. The number of benzene rings is 3. The zero-order valence-corrected chi connectivity index (χ0v) is 19.3. The Morgan fingerprint density at radius 3 is 2.50 bits per heavy atom. The number of nitrogens with one attached hydrogen (secondary N) is 2. The van der Waals surface area contributed by atoms with Crippen LogP contribution in [0.3, 0.4) is 0 Å². The normalized spacial score (nSPS) is 15.0. The first-order valence-electron chi connectivity index (χ1n) is 10.9. The number of hydrogen-bond acceptors (Lipinski definition) is 5. The van der Waals surface area contributed by atoms with Gasteiger partial charge in [0, 0.05) is 41.7 Å². The summed E-state index contributed by atoms with van der Waals surface area (Å²) in [6.45, 7) is 2.39. The lowest BCUT2D eigenvalue weighted by atomic mass is 10.1. The standard InChI is InChI=1S/C26H27N3O5/c1-17-25(30)29(15-18-9-11-22(32-2)14-24(18)33-3)16-19-13-21(10-12-23(19)34-17)28-26(31)27-20-7-5-4-6-8-20/h4-14,17H,15-16H2,1-3H3,(H2,27,28,31). The van der Waals surface area contributed by atoms with E-state index < -0.39 is 6.10 Å². The molecule has 34 heavy (non-hydrogen) atoms. The quantitative estimate of drug-likeness (QED) is 0.558. The highest BCUT2D eigenvalue weighted by atomic mass is 16.5. The van der Waals surface area contributed by atoms with Gasteiger partial charge in [0.2, 0.25) is 0 Å². The van der Waals surface area contributed by atoms with E-state index in [1.807, 2.05) is 48.5 Å². The third kappa shape index (κ3) is 5.23. The van der Waals surface area contributed by atoms with Crippen molar-refractivity contribution in [2.24, 2.45) is 0 Å². The van der Waals surface area contributed by atoms with E-state index in [0.717, 1.165) is 11.1 Å². The maximum absolute atomic E-state index is 13.1. The second kappa shape index (κ2) is 10.2. The van der Waals surface area contributed by atoms with Gasteiger partial charge in [0.25, 0.3) is 5.91 Å². The second-order valence-electron chi connectivity index (χ2n) is 7.90. The second-order valence-corrected chi connectivity index (χ2v) is 7.90. The number of para-hydroxylation sites is 1. The van der Waals surface area contributed by atoms with Crippen molar-refractivity contribution >= 4 is 23.3 Å². The Morgan fingerprint density at radius 2 is 1.76 bits per heavy atom. The monoisotopic (exact) mass is 461 g/mol. The summed E-state index contributed by atoms with van der Waals surface area (Å²) in [7, 11) is 3.18. The van der Waals surface area contributed by atoms with Crippen molar-refractivity contribution in [3.8, 4) is 17.2 Å². The van der Waals surface area contributed by atoms with Gasteiger partial charge >= 0.3 is 6.03 Å². The predicted molar refractivity (Wildman–Crippen MR) is 129 cm³/mol. The molecule has 8 heteroatoms. The molecule has 176 valence electrons. The Balaban J connectivity index is 1.54. The zero-order chi connectivity index (χ0) is 24.1. The molecule has 3 aromatic rings. The molecule has 0 fully saturated rings. The van der Waals surface area contributed by atoms with E-state index in [2.05, 4.69) is 10.6 Å². The van der Waals surface area contributed by atoms with Gasteiger partial charge in [0.1, 0.15) is 17.2 Å². The molecule has 4 rings (SSSR count). The summed E-state index contributed by atoms with van der Waals surface area (Å²) < 4.78 is 16.7. The van der Waals surface area contributed by atoms with Gasteiger partial charge in [-0.05, 0) is 49.4 Å². The average molecular weight is 462 g/mol. The zero-order valence-electron chi connectivity index (χ0n) is 19.3. The number of methoxy groups -OCH3 is 2. The van der Waals surface area contributed by atoms with Crippen LogP contribution < -0.4 is 24.8 Å². The summed E-state index contributed by atoms with van der Waals surface area (Å²) in [5, 5.41) is 5.63. The van der Waals surface area contributed by atoms with Crippen molar-refractivity contribution in [2.45, 2.75) is 26.1 Å². The van der Waals surface area contributed by atoms with Gasteiger partial charge in [-0.1, -0.05) is 18.2 Å². The molecule has 0 saturated heterocycles. The Morgan fingerprint density at radius 1 is 1.00 bits per heavy atom. The van der Waals surface area contributed by atoms with E-state index in [4.69, 9.17) is 14.2 Å². The highest BCUT2D eigenvalue weighted by molar-refractivity contribution is 5.99.